The Labute approximate surface area is 190 Å². The smallest absolute Gasteiger partial charge is 0.226 e. The van der Waals surface area contributed by atoms with Crippen LogP contribution in [0.25, 0.3) is 11.0 Å². The number of H-pyrrole nitrogens is 1. The Balaban J connectivity index is 1.48. The van der Waals surface area contributed by atoms with Crippen molar-refractivity contribution in [3.63, 3.8) is 0 Å². The molecule has 2 aromatic heterocycles. The number of nitrogens with one attached hydrogen (secondary N) is 2. The van der Waals surface area contributed by atoms with E-state index in [2.05, 4.69) is 19.7 Å². The number of aromatic amines is 1. The molecule has 0 spiro atoms. The van der Waals surface area contributed by atoms with Gasteiger partial charge in [-0.05, 0) is 55.0 Å². The van der Waals surface area contributed by atoms with E-state index in [1.807, 2.05) is 0 Å². The summed E-state index contributed by atoms with van der Waals surface area (Å²) >= 11 is 0.813. The summed E-state index contributed by atoms with van der Waals surface area (Å²) in [6.45, 7) is 0.445. The number of benzene rings is 2. The largest absolute Gasteiger partial charge is 0.477 e. The number of carbonyl (C=O) groups is 1. The third kappa shape index (κ3) is 4.25. The lowest BCUT2D eigenvalue weighted by Gasteiger charge is -2.11. The predicted molar refractivity (Wildman–Crippen MR) is 118 cm³/mol. The second-order valence-electron chi connectivity index (χ2n) is 7.61. The van der Waals surface area contributed by atoms with Crippen LogP contribution in [0.15, 0.2) is 53.8 Å². The number of aromatic nitrogens is 3. The molecule has 4 aromatic rings. The number of fused-ring (bicyclic) bond motifs is 1. The van der Waals surface area contributed by atoms with Gasteiger partial charge < -0.3 is 14.4 Å². The van der Waals surface area contributed by atoms with E-state index in [4.69, 9.17) is 4.74 Å². The van der Waals surface area contributed by atoms with Crippen molar-refractivity contribution < 1.29 is 22.7 Å². The molecule has 2 heterocycles. The van der Waals surface area contributed by atoms with Crippen LogP contribution in [0.4, 0.5) is 18.9 Å². The number of ketones is 1. The van der Waals surface area contributed by atoms with Crippen LogP contribution in [0.5, 0.6) is 5.88 Å². The van der Waals surface area contributed by atoms with Crippen molar-refractivity contribution in [3.05, 3.63) is 77.5 Å². The second-order valence-corrected chi connectivity index (χ2v) is 8.45. The molecule has 0 saturated heterocycles. The zero-order chi connectivity index (χ0) is 22.9. The quantitative estimate of drug-likeness (QED) is 0.261. The Morgan fingerprint density at radius 2 is 1.94 bits per heavy atom. The molecule has 1 saturated carbocycles. The fraction of sp³-hybridized carbons (Fsp3) is 0.174. The summed E-state index contributed by atoms with van der Waals surface area (Å²) < 4.78 is 52.1. The summed E-state index contributed by atoms with van der Waals surface area (Å²) in [5.41, 5.74) is -0.584. The lowest BCUT2D eigenvalue weighted by molar-refractivity contribution is 0.103. The Bertz CT molecular complexity index is 1360. The van der Waals surface area contributed by atoms with Crippen LogP contribution in [0, 0.1) is 23.4 Å². The maximum atomic E-state index is 15.2. The lowest BCUT2D eigenvalue weighted by Crippen LogP contribution is -2.10. The standard InChI is InChI=1S/C23H17F3N4O2S/c24-14-3-1-2-4-17(14)33-30-16-8-7-15(25)19(20(16)26)21(31)13-9-27-22-18(13)23(29-11-28-22)32-10-12-5-6-12/h1-4,7-9,11-12,30H,5-6,10H2,(H,27,28,29). The topological polar surface area (TPSA) is 79.9 Å². The minimum absolute atomic E-state index is 0.00639. The van der Waals surface area contributed by atoms with E-state index in [0.29, 0.717) is 18.2 Å². The summed E-state index contributed by atoms with van der Waals surface area (Å²) in [6, 6.07) is 8.07. The normalized spacial score (nSPS) is 13.3. The number of rotatable bonds is 8. The Morgan fingerprint density at radius 3 is 2.73 bits per heavy atom. The zero-order valence-electron chi connectivity index (χ0n) is 17.1. The van der Waals surface area contributed by atoms with Crippen LogP contribution >= 0.6 is 11.9 Å². The van der Waals surface area contributed by atoms with Crippen LogP contribution in [0.1, 0.15) is 28.8 Å². The lowest BCUT2D eigenvalue weighted by atomic mass is 10.0. The van der Waals surface area contributed by atoms with Crippen LogP contribution in [0.3, 0.4) is 0 Å². The minimum Gasteiger partial charge on any atom is -0.477 e. The first-order valence-electron chi connectivity index (χ1n) is 10.2. The number of halogens is 3. The summed E-state index contributed by atoms with van der Waals surface area (Å²) in [7, 11) is 0. The Kier molecular flexibility index (Phi) is 5.67. The summed E-state index contributed by atoms with van der Waals surface area (Å²) in [5, 5.41) is 0.265. The van der Waals surface area contributed by atoms with Crippen molar-refractivity contribution in [1.82, 2.24) is 15.0 Å². The molecule has 1 fully saturated rings. The zero-order valence-corrected chi connectivity index (χ0v) is 17.9. The monoisotopic (exact) mass is 470 g/mol. The van der Waals surface area contributed by atoms with Gasteiger partial charge in [-0.3, -0.25) is 4.79 Å². The van der Waals surface area contributed by atoms with Gasteiger partial charge in [0, 0.05) is 6.20 Å². The molecule has 1 aliphatic rings. The van der Waals surface area contributed by atoms with Crippen molar-refractivity contribution in [3.8, 4) is 5.88 Å². The highest BCUT2D eigenvalue weighted by Crippen LogP contribution is 2.34. The molecule has 0 atom stereocenters. The van der Waals surface area contributed by atoms with Gasteiger partial charge in [-0.2, -0.15) is 0 Å². The van der Waals surface area contributed by atoms with E-state index in [9.17, 15) is 13.6 Å². The fourth-order valence-corrected chi connectivity index (χ4v) is 4.01. The molecule has 0 unspecified atom stereocenters. The van der Waals surface area contributed by atoms with E-state index < -0.39 is 28.8 Å². The molecule has 5 rings (SSSR count). The molecule has 0 aliphatic heterocycles. The van der Waals surface area contributed by atoms with E-state index in [1.54, 1.807) is 6.07 Å². The molecule has 33 heavy (non-hydrogen) atoms. The first-order chi connectivity index (χ1) is 16.0. The molecule has 2 N–H and O–H groups in total. The van der Waals surface area contributed by atoms with E-state index in [-0.39, 0.29) is 27.4 Å². The first-order valence-corrected chi connectivity index (χ1v) is 11.0. The Morgan fingerprint density at radius 1 is 1.12 bits per heavy atom. The molecular weight excluding hydrogens is 453 g/mol. The van der Waals surface area contributed by atoms with E-state index >= 15 is 4.39 Å². The molecule has 0 bridgehead atoms. The molecule has 0 amide bonds. The maximum absolute atomic E-state index is 15.2. The SMILES string of the molecule is O=C(c1c(F)ccc(NSc2ccccc2F)c1F)c1c[nH]c2ncnc(OCC3CC3)c12. The average Bonchev–Trinajstić information content (AvgIpc) is 3.54. The molecule has 168 valence electrons. The van der Waals surface area contributed by atoms with Crippen molar-refractivity contribution in [1.29, 1.82) is 0 Å². The molecule has 6 nitrogen and oxygen atoms in total. The van der Waals surface area contributed by atoms with Gasteiger partial charge in [0.2, 0.25) is 11.7 Å². The second kappa shape index (κ2) is 8.78. The molecular formula is C23H17F3N4O2S. The van der Waals surface area contributed by atoms with E-state index in [1.165, 1.54) is 30.7 Å². The van der Waals surface area contributed by atoms with Gasteiger partial charge in [-0.1, -0.05) is 12.1 Å². The average molecular weight is 470 g/mol. The highest BCUT2D eigenvalue weighted by Gasteiger charge is 2.27. The number of hydrogen-bond acceptors (Lipinski definition) is 6. The van der Waals surface area contributed by atoms with Crippen molar-refractivity contribution in [2.24, 2.45) is 5.92 Å². The summed E-state index contributed by atoms with van der Waals surface area (Å²) in [5.74, 6) is -2.87. The molecule has 10 heteroatoms. The Hall–Kier alpha value is -3.53. The van der Waals surface area contributed by atoms with Gasteiger partial charge in [0.25, 0.3) is 0 Å². The highest BCUT2D eigenvalue weighted by molar-refractivity contribution is 8.00. The number of carbonyl (C=O) groups excluding carboxylic acids is 1. The van der Waals surface area contributed by atoms with Gasteiger partial charge in [0.15, 0.2) is 5.82 Å². The van der Waals surface area contributed by atoms with Crippen LogP contribution in [-0.4, -0.2) is 27.3 Å². The number of nitrogens with zero attached hydrogens (tertiary/aromatic N) is 2. The van der Waals surface area contributed by atoms with Gasteiger partial charge in [-0.15, -0.1) is 0 Å². The van der Waals surface area contributed by atoms with Crippen molar-refractivity contribution in [2.45, 2.75) is 17.7 Å². The van der Waals surface area contributed by atoms with Gasteiger partial charge >= 0.3 is 0 Å². The van der Waals surface area contributed by atoms with E-state index in [0.717, 1.165) is 36.9 Å². The highest BCUT2D eigenvalue weighted by atomic mass is 32.2. The first kappa shape index (κ1) is 21.3. The number of anilines is 1. The fourth-order valence-electron chi connectivity index (χ4n) is 3.32. The van der Waals surface area contributed by atoms with Gasteiger partial charge in [-0.25, -0.2) is 23.1 Å². The number of ether oxygens (including phenoxy) is 1. The summed E-state index contributed by atoms with van der Waals surface area (Å²) in [4.78, 5) is 24.5. The van der Waals surface area contributed by atoms with Crippen LogP contribution in [0.2, 0.25) is 0 Å². The molecule has 0 radical (unpaired) electrons. The van der Waals surface area contributed by atoms with Crippen molar-refractivity contribution >= 4 is 34.5 Å². The van der Waals surface area contributed by atoms with Crippen molar-refractivity contribution in [2.75, 3.05) is 11.3 Å². The predicted octanol–water partition coefficient (Wildman–Crippen LogP) is 5.51. The molecule has 1 aliphatic carbocycles. The number of hydrogen-bond donors (Lipinski definition) is 2. The third-order valence-corrected chi connectivity index (χ3v) is 6.13. The van der Waals surface area contributed by atoms with Gasteiger partial charge in [0.1, 0.15) is 23.6 Å². The summed E-state index contributed by atoms with van der Waals surface area (Å²) in [6.07, 6.45) is 4.75. The van der Waals surface area contributed by atoms with Crippen LogP contribution in [-0.2, 0) is 0 Å². The molecule has 2 aromatic carbocycles. The maximum Gasteiger partial charge on any atom is 0.226 e. The third-order valence-electron chi connectivity index (χ3n) is 5.26. The van der Waals surface area contributed by atoms with Crippen LogP contribution < -0.4 is 9.46 Å². The van der Waals surface area contributed by atoms with Gasteiger partial charge in [0.05, 0.1) is 33.7 Å². The minimum atomic E-state index is -1.09.